The lowest BCUT2D eigenvalue weighted by atomic mass is 9.89. The second-order valence-corrected chi connectivity index (χ2v) is 13.5. The van der Waals surface area contributed by atoms with Gasteiger partial charge in [-0.2, -0.15) is 11.3 Å². The highest BCUT2D eigenvalue weighted by Gasteiger charge is 2.40. The molecule has 9 nitrogen and oxygen atoms in total. The summed E-state index contributed by atoms with van der Waals surface area (Å²) < 4.78 is 21.4. The summed E-state index contributed by atoms with van der Waals surface area (Å²) in [5.41, 5.74) is 3.45. The number of thiophene rings is 1. The van der Waals surface area contributed by atoms with E-state index in [0.29, 0.717) is 61.4 Å². The van der Waals surface area contributed by atoms with E-state index in [-0.39, 0.29) is 34.5 Å². The van der Waals surface area contributed by atoms with E-state index in [1.54, 1.807) is 29.5 Å². The van der Waals surface area contributed by atoms with E-state index in [2.05, 4.69) is 15.2 Å². The predicted octanol–water partition coefficient (Wildman–Crippen LogP) is 3.80. The van der Waals surface area contributed by atoms with Gasteiger partial charge in [-0.3, -0.25) is 14.5 Å². The van der Waals surface area contributed by atoms with Crippen LogP contribution in [0.3, 0.4) is 0 Å². The molecule has 4 heterocycles. The standard InChI is InChI=1S/C32H37FN4O5S2/c33-24-14-21(3-7-34-17-27(39)25-1-2-26(38)29-30(25)44-31(41)35-29)13-23(15-24)18-36-8-5-32(6-9-36)20-37(10-11-42-32)28(40)16-22-4-12-43-19-22/h1-2,4,12-15,19,27,34,38-39H,3,5-11,16-18,20H2,(H,35,41)/t27-/m0/s1. The van der Waals surface area contributed by atoms with Gasteiger partial charge in [0.1, 0.15) is 17.1 Å². The van der Waals surface area contributed by atoms with Gasteiger partial charge in [0.25, 0.3) is 0 Å². The van der Waals surface area contributed by atoms with Gasteiger partial charge in [-0.15, -0.1) is 0 Å². The molecule has 12 heteroatoms. The number of hydrogen-bond acceptors (Lipinski definition) is 9. The molecule has 2 aromatic heterocycles. The van der Waals surface area contributed by atoms with Crippen LogP contribution in [0.25, 0.3) is 10.2 Å². The molecule has 0 bridgehead atoms. The van der Waals surface area contributed by atoms with E-state index in [0.717, 1.165) is 54.0 Å². The van der Waals surface area contributed by atoms with Crippen molar-refractivity contribution in [1.82, 2.24) is 20.1 Å². The van der Waals surface area contributed by atoms with Crippen molar-refractivity contribution in [2.24, 2.45) is 0 Å². The van der Waals surface area contributed by atoms with E-state index in [1.165, 1.54) is 6.07 Å². The fraction of sp³-hybridized carbons (Fsp3) is 0.438. The molecule has 0 radical (unpaired) electrons. The minimum atomic E-state index is -0.866. The van der Waals surface area contributed by atoms with Gasteiger partial charge in [0, 0.05) is 44.8 Å². The monoisotopic (exact) mass is 640 g/mol. The number of carbonyl (C=O) groups is 1. The number of aromatic amines is 1. The third-order valence-electron chi connectivity index (χ3n) is 8.60. The number of halogens is 1. The largest absolute Gasteiger partial charge is 0.506 e. The third-order valence-corrected chi connectivity index (χ3v) is 10.3. The summed E-state index contributed by atoms with van der Waals surface area (Å²) in [6, 6.07) is 10.3. The highest BCUT2D eigenvalue weighted by molar-refractivity contribution is 7.16. The van der Waals surface area contributed by atoms with Gasteiger partial charge in [-0.1, -0.05) is 23.5 Å². The summed E-state index contributed by atoms with van der Waals surface area (Å²) in [6.07, 6.45) is 1.82. The molecule has 0 aliphatic carbocycles. The number of likely N-dealkylation sites (tertiary alicyclic amines) is 1. The molecule has 2 aliphatic heterocycles. The van der Waals surface area contributed by atoms with E-state index in [4.69, 9.17) is 4.74 Å². The van der Waals surface area contributed by atoms with Crippen LogP contribution in [0.1, 0.15) is 41.2 Å². The molecule has 4 aromatic rings. The first-order valence-electron chi connectivity index (χ1n) is 14.9. The lowest BCUT2D eigenvalue weighted by Gasteiger charge is -2.47. The van der Waals surface area contributed by atoms with E-state index >= 15 is 0 Å². The SMILES string of the molecule is O=C(Cc1ccsc1)N1CCOC2(CCN(Cc3cc(F)cc(CCNC[C@H](O)c4ccc(O)c5[nH]c(=O)sc45)c3)CC2)C1. The van der Waals surface area contributed by atoms with Crippen LogP contribution in [0.4, 0.5) is 4.39 Å². The number of piperidine rings is 1. The van der Waals surface area contributed by atoms with Gasteiger partial charge >= 0.3 is 4.87 Å². The number of H-pyrrole nitrogens is 1. The lowest BCUT2D eigenvalue weighted by molar-refractivity contribution is -0.159. The summed E-state index contributed by atoms with van der Waals surface area (Å²) in [5, 5.41) is 28.0. The smallest absolute Gasteiger partial charge is 0.305 e. The van der Waals surface area contributed by atoms with Gasteiger partial charge in [0.2, 0.25) is 5.91 Å². The lowest BCUT2D eigenvalue weighted by Crippen LogP contribution is -2.58. The van der Waals surface area contributed by atoms with Crippen molar-refractivity contribution in [3.8, 4) is 5.75 Å². The number of morpholine rings is 1. The van der Waals surface area contributed by atoms with E-state index in [9.17, 15) is 24.2 Å². The number of aromatic hydroxyl groups is 1. The average Bonchev–Trinajstić information content (AvgIpc) is 3.66. The van der Waals surface area contributed by atoms with Crippen LogP contribution in [0, 0.1) is 5.82 Å². The number of aromatic nitrogens is 1. The molecule has 1 amide bonds. The number of aliphatic hydroxyl groups is 1. The zero-order valence-corrected chi connectivity index (χ0v) is 26.0. The molecule has 2 aliphatic rings. The number of aliphatic hydroxyl groups excluding tert-OH is 1. The summed E-state index contributed by atoms with van der Waals surface area (Å²) >= 11 is 2.56. The Balaban J connectivity index is 0.980. The molecule has 1 atom stereocenters. The summed E-state index contributed by atoms with van der Waals surface area (Å²) in [6.45, 7) is 4.88. The highest BCUT2D eigenvalue weighted by atomic mass is 32.1. The normalized spacial score (nSPS) is 17.8. The number of nitrogens with zero attached hydrogens (tertiary/aromatic N) is 2. The first-order chi connectivity index (χ1) is 21.3. The Labute approximate surface area is 262 Å². The number of thiazole rings is 1. The summed E-state index contributed by atoms with van der Waals surface area (Å²) in [5.74, 6) is -0.143. The number of rotatable bonds is 10. The number of phenolic OH excluding ortho intramolecular Hbond substituents is 1. The minimum absolute atomic E-state index is 0.0286. The minimum Gasteiger partial charge on any atom is -0.506 e. The molecule has 44 heavy (non-hydrogen) atoms. The number of fused-ring (bicyclic) bond motifs is 1. The highest BCUT2D eigenvalue weighted by Crippen LogP contribution is 2.32. The van der Waals surface area contributed by atoms with Crippen LogP contribution in [-0.2, 0) is 28.9 Å². The van der Waals surface area contributed by atoms with E-state index < -0.39 is 6.10 Å². The first-order valence-corrected chi connectivity index (χ1v) is 16.7. The van der Waals surface area contributed by atoms with Gasteiger partial charge < -0.3 is 30.2 Å². The number of amides is 1. The topological polar surface area (TPSA) is 118 Å². The molecule has 2 saturated heterocycles. The van der Waals surface area contributed by atoms with Crippen molar-refractivity contribution in [1.29, 1.82) is 0 Å². The summed E-state index contributed by atoms with van der Waals surface area (Å²) in [4.78, 5) is 31.3. The van der Waals surface area contributed by atoms with Gasteiger partial charge in [-0.25, -0.2) is 4.39 Å². The number of hydrogen-bond donors (Lipinski definition) is 4. The number of benzene rings is 2. The van der Waals surface area contributed by atoms with Crippen molar-refractivity contribution < 1.29 is 24.1 Å². The van der Waals surface area contributed by atoms with Crippen molar-refractivity contribution in [2.75, 3.05) is 45.9 Å². The molecule has 6 rings (SSSR count). The second kappa shape index (κ2) is 13.5. The maximum absolute atomic E-state index is 14.6. The van der Waals surface area contributed by atoms with Gasteiger partial charge in [0.15, 0.2) is 0 Å². The van der Waals surface area contributed by atoms with Gasteiger partial charge in [-0.05, 0) is 77.5 Å². The van der Waals surface area contributed by atoms with Crippen molar-refractivity contribution in [3.63, 3.8) is 0 Å². The fourth-order valence-corrected chi connectivity index (χ4v) is 7.84. The van der Waals surface area contributed by atoms with Crippen LogP contribution in [0.5, 0.6) is 5.75 Å². The second-order valence-electron chi connectivity index (χ2n) is 11.8. The Morgan fingerprint density at radius 2 is 1.95 bits per heavy atom. The molecular formula is C32H37FN4O5S2. The van der Waals surface area contributed by atoms with Crippen LogP contribution in [0.15, 0.2) is 52.0 Å². The third kappa shape index (κ3) is 7.22. The van der Waals surface area contributed by atoms with Crippen molar-refractivity contribution in [2.45, 2.75) is 43.9 Å². The number of ether oxygens (including phenoxy) is 1. The summed E-state index contributed by atoms with van der Waals surface area (Å²) in [7, 11) is 0. The van der Waals surface area contributed by atoms with Crippen molar-refractivity contribution in [3.05, 3.63) is 84.9 Å². The van der Waals surface area contributed by atoms with Crippen LogP contribution in [-0.4, -0.2) is 82.4 Å². The number of phenols is 1. The Hall–Kier alpha value is -3.13. The molecule has 0 saturated carbocycles. The molecule has 234 valence electrons. The van der Waals surface area contributed by atoms with Crippen LogP contribution < -0.4 is 10.2 Å². The molecule has 1 spiro atoms. The first kappa shape index (κ1) is 30.9. The molecular weight excluding hydrogens is 604 g/mol. The Morgan fingerprint density at radius 1 is 1.14 bits per heavy atom. The maximum Gasteiger partial charge on any atom is 0.305 e. The zero-order chi connectivity index (χ0) is 30.7. The molecule has 2 aromatic carbocycles. The zero-order valence-electron chi connectivity index (χ0n) is 24.4. The predicted molar refractivity (Wildman–Crippen MR) is 170 cm³/mol. The average molecular weight is 641 g/mol. The number of nitrogens with one attached hydrogen (secondary N) is 2. The Kier molecular flexibility index (Phi) is 9.45. The molecule has 2 fully saturated rings. The maximum atomic E-state index is 14.6. The van der Waals surface area contributed by atoms with Crippen LogP contribution >= 0.6 is 22.7 Å². The Bertz CT molecular complexity index is 1650. The van der Waals surface area contributed by atoms with E-state index in [1.807, 2.05) is 27.8 Å². The number of carbonyl (C=O) groups excluding carboxylic acids is 1. The molecule has 0 unspecified atom stereocenters. The quantitative estimate of drug-likeness (QED) is 0.195. The van der Waals surface area contributed by atoms with Gasteiger partial charge in [0.05, 0.1) is 29.4 Å². The van der Waals surface area contributed by atoms with Crippen molar-refractivity contribution >= 4 is 38.8 Å². The Morgan fingerprint density at radius 3 is 2.75 bits per heavy atom. The van der Waals surface area contributed by atoms with Crippen LogP contribution in [0.2, 0.25) is 0 Å². The fourth-order valence-electron chi connectivity index (χ4n) is 6.25. The molecule has 4 N–H and O–H groups in total.